The number of nitrogens with zero attached hydrogens (tertiary/aromatic N) is 2. The van der Waals surface area contributed by atoms with Crippen molar-refractivity contribution in [3.63, 3.8) is 0 Å². The topological polar surface area (TPSA) is 53.1 Å². The molecule has 1 heterocycles. The minimum Gasteiger partial charge on any atom is -0.437 e. The summed E-state index contributed by atoms with van der Waals surface area (Å²) >= 11 is 0. The van der Waals surface area contributed by atoms with Crippen molar-refractivity contribution >= 4 is 5.69 Å². The second kappa shape index (κ2) is 5.07. The van der Waals surface area contributed by atoms with Crippen molar-refractivity contribution in [2.75, 3.05) is 5.73 Å². The van der Waals surface area contributed by atoms with Gasteiger partial charge in [0.25, 0.3) is 0 Å². The summed E-state index contributed by atoms with van der Waals surface area (Å²) in [7, 11) is 0. The van der Waals surface area contributed by atoms with Crippen LogP contribution in [-0.2, 0) is 12.7 Å². The van der Waals surface area contributed by atoms with Crippen molar-refractivity contribution in [1.29, 1.82) is 0 Å². The number of rotatable bonds is 3. The van der Waals surface area contributed by atoms with Crippen LogP contribution < -0.4 is 10.5 Å². The third-order valence-electron chi connectivity index (χ3n) is 2.80. The molecule has 0 amide bonds. The lowest BCUT2D eigenvalue weighted by atomic mass is 10.2. The lowest BCUT2D eigenvalue weighted by molar-refractivity contribution is -0.137. The third kappa shape index (κ3) is 2.71. The molecule has 20 heavy (non-hydrogen) atoms. The minimum atomic E-state index is -4.41. The molecular formula is C13H14F3N3O. The summed E-state index contributed by atoms with van der Waals surface area (Å²) in [5.74, 6) is 0.324. The Morgan fingerprint density at radius 3 is 2.65 bits per heavy atom. The van der Waals surface area contributed by atoms with Gasteiger partial charge in [0, 0.05) is 6.54 Å². The smallest absolute Gasteiger partial charge is 0.416 e. The molecule has 0 fully saturated rings. The lowest BCUT2D eigenvalue weighted by Gasteiger charge is -2.11. The maximum Gasteiger partial charge on any atom is 0.416 e. The van der Waals surface area contributed by atoms with Crippen LogP contribution in [0, 0.1) is 6.92 Å². The number of anilines is 1. The SMILES string of the molecule is CCn1nc(C)c(N)c1Oc1cccc(C(F)(F)F)c1. The number of hydrogen-bond donors (Lipinski definition) is 1. The first kappa shape index (κ1) is 14.2. The molecule has 1 aromatic carbocycles. The highest BCUT2D eigenvalue weighted by Gasteiger charge is 2.30. The van der Waals surface area contributed by atoms with E-state index in [-0.39, 0.29) is 11.6 Å². The predicted octanol–water partition coefficient (Wildman–Crippen LogP) is 3.60. The predicted molar refractivity (Wildman–Crippen MR) is 68.6 cm³/mol. The van der Waals surface area contributed by atoms with Gasteiger partial charge in [-0.05, 0) is 32.0 Å². The van der Waals surface area contributed by atoms with Crippen LogP contribution in [0.2, 0.25) is 0 Å². The molecular weight excluding hydrogens is 271 g/mol. The molecule has 2 N–H and O–H groups in total. The summed E-state index contributed by atoms with van der Waals surface area (Å²) in [5.41, 5.74) is 5.95. The monoisotopic (exact) mass is 285 g/mol. The Bertz CT molecular complexity index is 620. The van der Waals surface area contributed by atoms with E-state index in [1.54, 1.807) is 6.92 Å². The first-order chi connectivity index (χ1) is 9.32. The van der Waals surface area contributed by atoms with Gasteiger partial charge in [0.2, 0.25) is 5.88 Å². The van der Waals surface area contributed by atoms with Crippen LogP contribution in [0.3, 0.4) is 0 Å². The highest BCUT2D eigenvalue weighted by molar-refractivity contribution is 5.54. The number of hydrogen-bond acceptors (Lipinski definition) is 3. The average Bonchev–Trinajstić information content (AvgIpc) is 2.66. The van der Waals surface area contributed by atoms with Gasteiger partial charge in [-0.25, -0.2) is 4.68 Å². The molecule has 0 aliphatic heterocycles. The molecule has 0 bridgehead atoms. The molecule has 4 nitrogen and oxygen atoms in total. The van der Waals surface area contributed by atoms with E-state index in [2.05, 4.69) is 5.10 Å². The summed E-state index contributed by atoms with van der Waals surface area (Å²) in [5, 5.41) is 4.14. The Balaban J connectivity index is 2.36. The van der Waals surface area contributed by atoms with E-state index in [9.17, 15) is 13.2 Å². The fourth-order valence-corrected chi connectivity index (χ4v) is 1.74. The Morgan fingerprint density at radius 1 is 1.35 bits per heavy atom. The van der Waals surface area contributed by atoms with E-state index < -0.39 is 11.7 Å². The summed E-state index contributed by atoms with van der Waals surface area (Å²) in [6.45, 7) is 4.05. The lowest BCUT2D eigenvalue weighted by Crippen LogP contribution is -2.05. The fourth-order valence-electron chi connectivity index (χ4n) is 1.74. The van der Waals surface area contributed by atoms with E-state index in [1.165, 1.54) is 16.8 Å². The summed E-state index contributed by atoms with van der Waals surface area (Å²) in [6.07, 6.45) is -4.41. The second-order valence-corrected chi connectivity index (χ2v) is 4.25. The molecule has 1 aromatic heterocycles. The Hall–Kier alpha value is -2.18. The van der Waals surface area contributed by atoms with Gasteiger partial charge in [0.1, 0.15) is 11.4 Å². The van der Waals surface area contributed by atoms with E-state index in [1.807, 2.05) is 6.92 Å². The van der Waals surface area contributed by atoms with E-state index in [0.717, 1.165) is 12.1 Å². The van der Waals surface area contributed by atoms with Crippen molar-refractivity contribution in [1.82, 2.24) is 9.78 Å². The number of nitrogen functional groups attached to an aromatic ring is 1. The number of nitrogens with two attached hydrogens (primary N) is 1. The van der Waals surface area contributed by atoms with Crippen molar-refractivity contribution in [2.24, 2.45) is 0 Å². The first-order valence-electron chi connectivity index (χ1n) is 6.01. The molecule has 2 aromatic rings. The van der Waals surface area contributed by atoms with E-state index in [0.29, 0.717) is 17.9 Å². The quantitative estimate of drug-likeness (QED) is 0.937. The number of benzene rings is 1. The van der Waals surface area contributed by atoms with E-state index >= 15 is 0 Å². The van der Waals surface area contributed by atoms with Gasteiger partial charge in [0.05, 0.1) is 11.3 Å². The Kier molecular flexibility index (Phi) is 3.61. The second-order valence-electron chi connectivity index (χ2n) is 4.25. The van der Waals surface area contributed by atoms with Crippen LogP contribution in [0.5, 0.6) is 11.6 Å². The molecule has 0 atom stereocenters. The standard InChI is InChI=1S/C13H14F3N3O/c1-3-19-12(11(17)8(2)18-19)20-10-6-4-5-9(7-10)13(14,15)16/h4-7H,3,17H2,1-2H3. The van der Waals surface area contributed by atoms with Crippen LogP contribution in [0.15, 0.2) is 24.3 Å². The molecule has 0 aliphatic rings. The molecule has 7 heteroatoms. The van der Waals surface area contributed by atoms with Crippen LogP contribution in [-0.4, -0.2) is 9.78 Å². The highest BCUT2D eigenvalue weighted by Crippen LogP contribution is 2.34. The van der Waals surface area contributed by atoms with Crippen molar-refractivity contribution in [3.8, 4) is 11.6 Å². The van der Waals surface area contributed by atoms with Crippen LogP contribution in [0.25, 0.3) is 0 Å². The molecule has 0 aliphatic carbocycles. The van der Waals surface area contributed by atoms with Crippen LogP contribution in [0.1, 0.15) is 18.2 Å². The van der Waals surface area contributed by atoms with Crippen molar-refractivity contribution in [2.45, 2.75) is 26.6 Å². The molecule has 108 valence electrons. The van der Waals surface area contributed by atoms with E-state index in [4.69, 9.17) is 10.5 Å². The van der Waals surface area contributed by atoms with Crippen LogP contribution in [0.4, 0.5) is 18.9 Å². The molecule has 0 spiro atoms. The number of aryl methyl sites for hydroxylation is 2. The van der Waals surface area contributed by atoms with Gasteiger partial charge in [-0.2, -0.15) is 18.3 Å². The first-order valence-corrected chi connectivity index (χ1v) is 6.01. The zero-order valence-corrected chi connectivity index (χ0v) is 11.0. The van der Waals surface area contributed by atoms with Gasteiger partial charge >= 0.3 is 6.18 Å². The average molecular weight is 285 g/mol. The zero-order chi connectivity index (χ0) is 14.9. The third-order valence-corrected chi connectivity index (χ3v) is 2.80. The minimum absolute atomic E-state index is 0.0705. The normalized spacial score (nSPS) is 11.7. The van der Waals surface area contributed by atoms with Gasteiger partial charge in [-0.1, -0.05) is 6.07 Å². The Morgan fingerprint density at radius 2 is 2.05 bits per heavy atom. The summed E-state index contributed by atoms with van der Waals surface area (Å²) in [6, 6.07) is 4.64. The van der Waals surface area contributed by atoms with Crippen LogP contribution >= 0.6 is 0 Å². The number of aromatic nitrogens is 2. The van der Waals surface area contributed by atoms with Gasteiger partial charge in [-0.3, -0.25) is 0 Å². The van der Waals surface area contributed by atoms with Crippen molar-refractivity contribution < 1.29 is 17.9 Å². The largest absolute Gasteiger partial charge is 0.437 e. The van der Waals surface area contributed by atoms with Crippen molar-refractivity contribution in [3.05, 3.63) is 35.5 Å². The Labute approximate surface area is 114 Å². The molecule has 0 radical (unpaired) electrons. The molecule has 0 unspecified atom stereocenters. The summed E-state index contributed by atoms with van der Waals surface area (Å²) < 4.78 is 44.9. The maximum absolute atomic E-state index is 12.6. The zero-order valence-electron chi connectivity index (χ0n) is 11.0. The molecule has 2 rings (SSSR count). The molecule has 0 saturated heterocycles. The van der Waals surface area contributed by atoms with Gasteiger partial charge in [0.15, 0.2) is 0 Å². The summed E-state index contributed by atoms with van der Waals surface area (Å²) in [4.78, 5) is 0. The van der Waals surface area contributed by atoms with Gasteiger partial charge < -0.3 is 10.5 Å². The number of alkyl halides is 3. The fraction of sp³-hybridized carbons (Fsp3) is 0.308. The molecule has 0 saturated carbocycles. The number of ether oxygens (including phenoxy) is 1. The van der Waals surface area contributed by atoms with Gasteiger partial charge in [-0.15, -0.1) is 0 Å². The maximum atomic E-state index is 12.6. The highest BCUT2D eigenvalue weighted by atomic mass is 19.4. The number of halogens is 3.